The van der Waals surface area contributed by atoms with E-state index in [9.17, 15) is 0 Å². The van der Waals surface area contributed by atoms with E-state index in [1.54, 1.807) is 7.11 Å². The molecule has 1 heterocycles. The number of nitrogens with one attached hydrogen (secondary N) is 1. The van der Waals surface area contributed by atoms with Crippen molar-refractivity contribution in [2.75, 3.05) is 20.3 Å². The molecule has 0 radical (unpaired) electrons. The Bertz CT molecular complexity index is 843. The van der Waals surface area contributed by atoms with Crippen LogP contribution in [0.15, 0.2) is 53.5 Å². The fourth-order valence-corrected chi connectivity index (χ4v) is 4.60. The van der Waals surface area contributed by atoms with Crippen LogP contribution in [0.5, 0.6) is 11.5 Å². The summed E-state index contributed by atoms with van der Waals surface area (Å²) in [5.74, 6) is 2.38. The van der Waals surface area contributed by atoms with Crippen molar-refractivity contribution in [3.05, 3.63) is 59.7 Å². The zero-order valence-electron chi connectivity index (χ0n) is 16.5. The molecule has 2 aromatic rings. The van der Waals surface area contributed by atoms with Gasteiger partial charge in [-0.15, -0.1) is 0 Å². The second-order valence-corrected chi connectivity index (χ2v) is 7.76. The highest BCUT2D eigenvalue weighted by Crippen LogP contribution is 2.45. The molecule has 3 N–H and O–H groups in total. The van der Waals surface area contributed by atoms with Gasteiger partial charge in [0.1, 0.15) is 11.5 Å². The van der Waals surface area contributed by atoms with Crippen molar-refractivity contribution < 1.29 is 9.47 Å². The van der Waals surface area contributed by atoms with Gasteiger partial charge in [-0.3, -0.25) is 4.99 Å². The summed E-state index contributed by atoms with van der Waals surface area (Å²) in [6.07, 6.45) is 5.54. The van der Waals surface area contributed by atoms with Crippen LogP contribution < -0.4 is 20.5 Å². The zero-order chi connectivity index (χ0) is 19.4. The summed E-state index contributed by atoms with van der Waals surface area (Å²) in [5, 5.41) is 3.41. The van der Waals surface area contributed by atoms with E-state index in [1.807, 2.05) is 30.3 Å². The van der Waals surface area contributed by atoms with E-state index in [1.165, 1.54) is 18.4 Å². The lowest BCUT2D eigenvalue weighted by atomic mass is 9.78. The number of para-hydroxylation sites is 2. The highest BCUT2D eigenvalue weighted by molar-refractivity contribution is 5.78. The summed E-state index contributed by atoms with van der Waals surface area (Å²) < 4.78 is 11.4. The number of rotatable bonds is 5. The number of nitrogens with two attached hydrogens (primary N) is 1. The number of nitrogens with zero attached hydrogens (tertiary/aromatic N) is 1. The standard InChI is InChI=1S/C23H29N3O2/c1-27-21-11-5-3-9-18(21)23(13-6-7-14-23)16-25-22(24)26-19-12-15-28-20-10-4-2-8-17(19)20/h2-5,8-11,19H,6-7,12-16H2,1H3,(H3,24,25,26). The molecule has 1 saturated carbocycles. The van der Waals surface area contributed by atoms with E-state index < -0.39 is 0 Å². The fourth-order valence-electron chi connectivity index (χ4n) is 4.60. The average molecular weight is 380 g/mol. The highest BCUT2D eigenvalue weighted by atomic mass is 16.5. The number of fused-ring (bicyclic) bond motifs is 1. The summed E-state index contributed by atoms with van der Waals surface area (Å²) >= 11 is 0. The molecule has 5 nitrogen and oxygen atoms in total. The topological polar surface area (TPSA) is 68.9 Å². The first kappa shape index (κ1) is 18.7. The molecule has 1 aliphatic carbocycles. The van der Waals surface area contributed by atoms with Crippen molar-refractivity contribution in [1.29, 1.82) is 0 Å². The summed E-state index contributed by atoms with van der Waals surface area (Å²) in [6, 6.07) is 16.6. The Morgan fingerprint density at radius 1 is 1.18 bits per heavy atom. The van der Waals surface area contributed by atoms with Crippen LogP contribution >= 0.6 is 0 Å². The average Bonchev–Trinajstić information content (AvgIpc) is 3.23. The minimum Gasteiger partial charge on any atom is -0.496 e. The lowest BCUT2D eigenvalue weighted by molar-refractivity contribution is 0.262. The van der Waals surface area contributed by atoms with Crippen LogP contribution in [-0.2, 0) is 5.41 Å². The lowest BCUT2D eigenvalue weighted by Crippen LogP contribution is -2.38. The predicted octanol–water partition coefficient (Wildman–Crippen LogP) is 3.94. The van der Waals surface area contributed by atoms with Crippen LogP contribution in [0.2, 0.25) is 0 Å². The third-order valence-electron chi connectivity index (χ3n) is 6.07. The molecule has 2 aliphatic rings. The molecule has 0 amide bonds. The first-order valence-corrected chi connectivity index (χ1v) is 10.1. The van der Waals surface area contributed by atoms with Gasteiger partial charge >= 0.3 is 0 Å². The van der Waals surface area contributed by atoms with Crippen LogP contribution in [0.25, 0.3) is 0 Å². The Morgan fingerprint density at radius 2 is 1.93 bits per heavy atom. The Balaban J connectivity index is 1.52. The molecule has 0 spiro atoms. The minimum atomic E-state index is 0.00644. The molecule has 2 aromatic carbocycles. The van der Waals surface area contributed by atoms with Crippen LogP contribution in [0.1, 0.15) is 49.3 Å². The number of hydrogen-bond donors (Lipinski definition) is 2. The number of ether oxygens (including phenoxy) is 2. The molecule has 1 unspecified atom stereocenters. The molecular formula is C23H29N3O2. The summed E-state index contributed by atoms with van der Waals surface area (Å²) in [4.78, 5) is 4.78. The molecule has 5 heteroatoms. The van der Waals surface area contributed by atoms with E-state index >= 15 is 0 Å². The summed E-state index contributed by atoms with van der Waals surface area (Å²) in [6.45, 7) is 1.37. The van der Waals surface area contributed by atoms with E-state index in [4.69, 9.17) is 20.2 Å². The smallest absolute Gasteiger partial charge is 0.189 e. The fraction of sp³-hybridized carbons (Fsp3) is 0.435. The molecule has 0 bridgehead atoms. The number of methoxy groups -OCH3 is 1. The quantitative estimate of drug-likeness (QED) is 0.610. The van der Waals surface area contributed by atoms with Gasteiger partial charge in [0.15, 0.2) is 5.96 Å². The van der Waals surface area contributed by atoms with Crippen molar-refractivity contribution in [3.8, 4) is 11.5 Å². The van der Waals surface area contributed by atoms with Crippen molar-refractivity contribution in [2.45, 2.75) is 43.6 Å². The Labute approximate surface area is 167 Å². The maximum absolute atomic E-state index is 6.31. The van der Waals surface area contributed by atoms with Gasteiger partial charge in [0.25, 0.3) is 0 Å². The Hall–Kier alpha value is -2.69. The van der Waals surface area contributed by atoms with E-state index in [0.29, 0.717) is 19.1 Å². The van der Waals surface area contributed by atoms with Gasteiger partial charge in [0.05, 0.1) is 26.3 Å². The number of benzene rings is 2. The summed E-state index contributed by atoms with van der Waals surface area (Å²) in [7, 11) is 1.74. The molecule has 1 aliphatic heterocycles. The van der Waals surface area contributed by atoms with Gasteiger partial charge in [-0.1, -0.05) is 49.2 Å². The first-order chi connectivity index (χ1) is 13.7. The van der Waals surface area contributed by atoms with Crippen LogP contribution in [-0.4, -0.2) is 26.2 Å². The highest BCUT2D eigenvalue weighted by Gasteiger charge is 2.37. The second kappa shape index (κ2) is 8.13. The Kier molecular flexibility index (Phi) is 5.42. The number of hydrogen-bond acceptors (Lipinski definition) is 3. The van der Waals surface area contributed by atoms with Crippen molar-refractivity contribution in [2.24, 2.45) is 10.7 Å². The molecule has 0 aromatic heterocycles. The number of guanidine groups is 1. The first-order valence-electron chi connectivity index (χ1n) is 10.1. The maximum Gasteiger partial charge on any atom is 0.189 e. The third kappa shape index (κ3) is 3.66. The second-order valence-electron chi connectivity index (χ2n) is 7.76. The molecule has 28 heavy (non-hydrogen) atoms. The van der Waals surface area contributed by atoms with Crippen LogP contribution in [0.3, 0.4) is 0 Å². The molecule has 4 rings (SSSR count). The number of aliphatic imine (C=N–C) groups is 1. The zero-order valence-corrected chi connectivity index (χ0v) is 16.5. The summed E-state index contributed by atoms with van der Waals surface area (Å²) in [5.41, 5.74) is 8.72. The Morgan fingerprint density at radius 3 is 2.75 bits per heavy atom. The van der Waals surface area contributed by atoms with Crippen molar-refractivity contribution >= 4 is 5.96 Å². The monoisotopic (exact) mass is 379 g/mol. The van der Waals surface area contributed by atoms with Gasteiger partial charge in [0, 0.05) is 23.0 Å². The minimum absolute atomic E-state index is 0.00644. The van der Waals surface area contributed by atoms with Gasteiger partial charge in [-0.25, -0.2) is 0 Å². The predicted molar refractivity (Wildman–Crippen MR) is 112 cm³/mol. The normalized spacial score (nSPS) is 20.9. The van der Waals surface area contributed by atoms with Gasteiger partial charge in [-0.2, -0.15) is 0 Å². The van der Waals surface area contributed by atoms with Gasteiger partial charge < -0.3 is 20.5 Å². The molecule has 0 saturated heterocycles. The molecular weight excluding hydrogens is 350 g/mol. The SMILES string of the molecule is COc1ccccc1C1(CN=C(N)NC2CCOc3ccccc32)CCCC1. The molecule has 1 fully saturated rings. The third-order valence-corrected chi connectivity index (χ3v) is 6.07. The van der Waals surface area contributed by atoms with Gasteiger partial charge in [0.2, 0.25) is 0 Å². The van der Waals surface area contributed by atoms with E-state index in [2.05, 4.69) is 23.5 Å². The van der Waals surface area contributed by atoms with Crippen molar-refractivity contribution in [3.63, 3.8) is 0 Å². The van der Waals surface area contributed by atoms with Gasteiger partial charge in [-0.05, 0) is 25.0 Å². The molecule has 1 atom stereocenters. The van der Waals surface area contributed by atoms with Crippen LogP contribution in [0.4, 0.5) is 0 Å². The maximum atomic E-state index is 6.31. The van der Waals surface area contributed by atoms with E-state index in [-0.39, 0.29) is 11.5 Å². The van der Waals surface area contributed by atoms with E-state index in [0.717, 1.165) is 36.3 Å². The van der Waals surface area contributed by atoms with Crippen molar-refractivity contribution in [1.82, 2.24) is 5.32 Å². The lowest BCUT2D eigenvalue weighted by Gasteiger charge is -2.30. The molecule has 148 valence electrons. The van der Waals surface area contributed by atoms with Crippen LogP contribution in [0, 0.1) is 0 Å². The largest absolute Gasteiger partial charge is 0.496 e.